The van der Waals surface area contributed by atoms with Crippen molar-refractivity contribution in [1.82, 2.24) is 4.98 Å². The van der Waals surface area contributed by atoms with Crippen LogP contribution < -0.4 is 5.73 Å². The second kappa shape index (κ2) is 2.87. The summed E-state index contributed by atoms with van der Waals surface area (Å²) in [5, 5.41) is 0.120. The van der Waals surface area contributed by atoms with Crippen molar-refractivity contribution < 1.29 is 8.78 Å². The Morgan fingerprint density at radius 2 is 2.21 bits per heavy atom. The summed E-state index contributed by atoms with van der Waals surface area (Å²) >= 11 is 5.75. The highest BCUT2D eigenvalue weighted by molar-refractivity contribution is 6.30. The number of aromatic nitrogens is 1. The normalized spacial score (nSPS) is 28.9. The number of nitrogens with zero attached hydrogens (tertiary/aromatic N) is 1. The van der Waals surface area contributed by atoms with Crippen molar-refractivity contribution in [1.29, 1.82) is 0 Å². The Morgan fingerprint density at radius 3 is 2.64 bits per heavy atom. The zero-order valence-corrected chi connectivity index (χ0v) is 8.06. The van der Waals surface area contributed by atoms with E-state index in [0.29, 0.717) is 5.56 Å². The predicted molar refractivity (Wildman–Crippen MR) is 49.5 cm³/mol. The van der Waals surface area contributed by atoms with Crippen LogP contribution in [0.5, 0.6) is 0 Å². The van der Waals surface area contributed by atoms with Gasteiger partial charge in [-0.15, -0.1) is 0 Å². The Balaban J connectivity index is 2.46. The summed E-state index contributed by atoms with van der Waals surface area (Å²) in [5.41, 5.74) is 4.46. The van der Waals surface area contributed by atoms with E-state index < -0.39 is 11.3 Å². The topological polar surface area (TPSA) is 38.9 Å². The average Bonchev–Trinajstić information content (AvgIpc) is 2.70. The molecule has 0 radical (unpaired) electrons. The van der Waals surface area contributed by atoms with Crippen LogP contribution in [0.1, 0.15) is 12.0 Å². The van der Waals surface area contributed by atoms with Gasteiger partial charge in [0.05, 0.1) is 5.41 Å². The van der Waals surface area contributed by atoms with Crippen molar-refractivity contribution in [2.75, 3.05) is 6.54 Å². The lowest BCUT2D eigenvalue weighted by Crippen LogP contribution is -2.27. The Bertz CT molecular complexity index is 370. The van der Waals surface area contributed by atoms with Gasteiger partial charge >= 0.3 is 0 Å². The number of nitrogens with two attached hydrogens (primary N) is 1. The van der Waals surface area contributed by atoms with E-state index in [9.17, 15) is 8.78 Å². The largest absolute Gasteiger partial charge is 0.329 e. The molecule has 0 saturated heterocycles. The maximum Gasteiger partial charge on any atom is 0.260 e. The summed E-state index contributed by atoms with van der Waals surface area (Å²) in [5.74, 6) is -2.74. The predicted octanol–water partition coefficient (Wildman–Crippen LogP) is 1.97. The second-order valence-corrected chi connectivity index (χ2v) is 3.87. The van der Waals surface area contributed by atoms with Crippen molar-refractivity contribution in [2.24, 2.45) is 5.73 Å². The van der Waals surface area contributed by atoms with E-state index in [0.717, 1.165) is 0 Å². The number of rotatable bonds is 2. The molecule has 1 atom stereocenters. The molecule has 1 unspecified atom stereocenters. The minimum atomic E-state index is -2.74. The molecule has 2 N–H and O–H groups in total. The number of alkyl halides is 2. The smallest absolute Gasteiger partial charge is 0.260 e. The molecule has 1 saturated carbocycles. The molecular formula is C9H9ClF2N2. The molecule has 2 nitrogen and oxygen atoms in total. The van der Waals surface area contributed by atoms with E-state index in [1.165, 1.54) is 6.20 Å². The molecule has 5 heteroatoms. The van der Waals surface area contributed by atoms with E-state index in [1.807, 2.05) is 0 Å². The molecule has 2 rings (SSSR count). The Hall–Kier alpha value is -0.740. The first kappa shape index (κ1) is 9.80. The van der Waals surface area contributed by atoms with Crippen molar-refractivity contribution in [3.05, 3.63) is 29.0 Å². The number of hydrogen-bond donors (Lipinski definition) is 1. The first-order valence-corrected chi connectivity index (χ1v) is 4.60. The molecule has 14 heavy (non-hydrogen) atoms. The van der Waals surface area contributed by atoms with Crippen LogP contribution in [0.2, 0.25) is 5.15 Å². The van der Waals surface area contributed by atoms with Crippen LogP contribution in [0, 0.1) is 0 Å². The fourth-order valence-corrected chi connectivity index (χ4v) is 2.00. The van der Waals surface area contributed by atoms with Crippen LogP contribution in [0.3, 0.4) is 0 Å². The van der Waals surface area contributed by atoms with Crippen LogP contribution in [0.25, 0.3) is 0 Å². The van der Waals surface area contributed by atoms with Gasteiger partial charge in [-0.3, -0.25) is 0 Å². The Labute approximate surface area is 85.1 Å². The summed E-state index contributed by atoms with van der Waals surface area (Å²) in [6.07, 6.45) is 1.23. The third-order valence-electron chi connectivity index (χ3n) is 2.72. The van der Waals surface area contributed by atoms with E-state index in [4.69, 9.17) is 17.3 Å². The molecule has 0 aromatic carbocycles. The van der Waals surface area contributed by atoms with Crippen LogP contribution >= 0.6 is 11.6 Å². The minimum Gasteiger partial charge on any atom is -0.329 e. The molecule has 76 valence electrons. The number of pyridine rings is 1. The van der Waals surface area contributed by atoms with Gasteiger partial charge in [0.25, 0.3) is 5.92 Å². The molecule has 0 bridgehead atoms. The molecule has 0 spiro atoms. The summed E-state index contributed by atoms with van der Waals surface area (Å²) < 4.78 is 26.3. The van der Waals surface area contributed by atoms with Gasteiger partial charge in [-0.1, -0.05) is 17.7 Å². The van der Waals surface area contributed by atoms with Crippen molar-refractivity contribution >= 4 is 11.6 Å². The van der Waals surface area contributed by atoms with Gasteiger partial charge in [0.15, 0.2) is 0 Å². The third-order valence-corrected chi connectivity index (χ3v) is 3.02. The molecule has 0 aliphatic heterocycles. The van der Waals surface area contributed by atoms with Gasteiger partial charge in [0.2, 0.25) is 0 Å². The summed E-state index contributed by atoms with van der Waals surface area (Å²) in [6, 6.07) is 3.15. The quantitative estimate of drug-likeness (QED) is 0.771. The minimum absolute atomic E-state index is 0.106. The van der Waals surface area contributed by atoms with E-state index in [2.05, 4.69) is 4.98 Å². The standard InChI is InChI=1S/C9H9ClF2N2/c10-7-6(2-1-3-14-7)8(5-13)4-9(8,11)12/h1-3H,4-5,13H2. The summed E-state index contributed by atoms with van der Waals surface area (Å²) in [4.78, 5) is 3.78. The number of halogens is 3. The summed E-state index contributed by atoms with van der Waals surface area (Å²) in [6.45, 7) is -0.106. The first-order chi connectivity index (χ1) is 6.53. The van der Waals surface area contributed by atoms with Gasteiger partial charge in [-0.25, -0.2) is 13.8 Å². The monoisotopic (exact) mass is 218 g/mol. The van der Waals surface area contributed by atoms with E-state index in [1.54, 1.807) is 12.1 Å². The zero-order valence-electron chi connectivity index (χ0n) is 7.30. The first-order valence-electron chi connectivity index (χ1n) is 4.22. The maximum absolute atomic E-state index is 13.2. The van der Waals surface area contributed by atoms with Crippen LogP contribution in [-0.4, -0.2) is 17.5 Å². The van der Waals surface area contributed by atoms with Gasteiger partial charge in [0, 0.05) is 24.7 Å². The highest BCUT2D eigenvalue weighted by Gasteiger charge is 2.71. The third kappa shape index (κ3) is 1.14. The van der Waals surface area contributed by atoms with Crippen molar-refractivity contribution in [3.63, 3.8) is 0 Å². The average molecular weight is 219 g/mol. The summed E-state index contributed by atoms with van der Waals surface area (Å²) in [7, 11) is 0. The fraction of sp³-hybridized carbons (Fsp3) is 0.444. The van der Waals surface area contributed by atoms with Crippen LogP contribution in [0.15, 0.2) is 18.3 Å². The lowest BCUT2D eigenvalue weighted by molar-refractivity contribution is 0.0895. The Morgan fingerprint density at radius 1 is 1.57 bits per heavy atom. The van der Waals surface area contributed by atoms with E-state index >= 15 is 0 Å². The lowest BCUT2D eigenvalue weighted by atomic mass is 9.97. The molecule has 1 aliphatic carbocycles. The highest BCUT2D eigenvalue weighted by Crippen LogP contribution is 2.61. The molecule has 1 aromatic heterocycles. The molecule has 1 aromatic rings. The molecule has 1 aliphatic rings. The zero-order chi connectivity index (χ0) is 10.4. The van der Waals surface area contributed by atoms with Crippen LogP contribution in [-0.2, 0) is 5.41 Å². The molecular weight excluding hydrogens is 210 g/mol. The van der Waals surface area contributed by atoms with Crippen molar-refractivity contribution in [3.8, 4) is 0 Å². The van der Waals surface area contributed by atoms with Crippen LogP contribution in [0.4, 0.5) is 8.78 Å². The molecule has 1 heterocycles. The maximum atomic E-state index is 13.2. The van der Waals surface area contributed by atoms with Gasteiger partial charge < -0.3 is 5.73 Å². The van der Waals surface area contributed by atoms with Gasteiger partial charge in [0.1, 0.15) is 5.15 Å². The van der Waals surface area contributed by atoms with E-state index in [-0.39, 0.29) is 18.1 Å². The fourth-order valence-electron chi connectivity index (χ4n) is 1.70. The molecule has 1 fully saturated rings. The lowest BCUT2D eigenvalue weighted by Gasteiger charge is -2.14. The Kier molecular flexibility index (Phi) is 2.01. The van der Waals surface area contributed by atoms with Gasteiger partial charge in [-0.05, 0) is 6.07 Å². The second-order valence-electron chi connectivity index (χ2n) is 3.51. The molecule has 0 amide bonds. The SMILES string of the molecule is NCC1(c2cccnc2Cl)CC1(F)F. The van der Waals surface area contributed by atoms with Crippen molar-refractivity contribution in [2.45, 2.75) is 17.8 Å². The van der Waals surface area contributed by atoms with Gasteiger partial charge in [-0.2, -0.15) is 0 Å². The highest BCUT2D eigenvalue weighted by atomic mass is 35.5. The number of hydrogen-bond acceptors (Lipinski definition) is 2.